The van der Waals surface area contributed by atoms with Gasteiger partial charge in [-0.3, -0.25) is 9.69 Å². The Morgan fingerprint density at radius 1 is 1.23 bits per heavy atom. The predicted molar refractivity (Wildman–Crippen MR) is 122 cm³/mol. The van der Waals surface area contributed by atoms with E-state index >= 15 is 0 Å². The van der Waals surface area contributed by atoms with E-state index in [9.17, 15) is 4.79 Å². The Labute approximate surface area is 189 Å². The van der Waals surface area contributed by atoms with Crippen molar-refractivity contribution in [3.05, 3.63) is 58.9 Å². The molecule has 1 aliphatic rings. The third kappa shape index (κ3) is 5.71. The molecule has 1 aromatic heterocycles. The van der Waals surface area contributed by atoms with Crippen molar-refractivity contribution in [1.29, 1.82) is 0 Å². The molecule has 0 radical (unpaired) electrons. The standard InChI is InChI=1S/C23H25BrN4O3/c1-2-30-20-11-9-19(10-12-20)25-23(29)17-4-3-13-28(14-17)15-21-26-22(27-31-21)16-5-7-18(24)8-6-16/h5-12,17H,2-4,13-15H2,1H3,(H,25,29). The van der Waals surface area contributed by atoms with E-state index < -0.39 is 0 Å². The van der Waals surface area contributed by atoms with Crippen LogP contribution in [0.2, 0.25) is 0 Å². The van der Waals surface area contributed by atoms with Crippen LogP contribution in [0.3, 0.4) is 0 Å². The highest BCUT2D eigenvalue weighted by Crippen LogP contribution is 2.23. The minimum absolute atomic E-state index is 0.0370. The van der Waals surface area contributed by atoms with Crippen molar-refractivity contribution in [2.24, 2.45) is 5.92 Å². The fourth-order valence-corrected chi connectivity index (χ4v) is 3.95. The van der Waals surface area contributed by atoms with Gasteiger partial charge in [0.2, 0.25) is 17.6 Å². The molecule has 2 aromatic carbocycles. The molecule has 1 aliphatic heterocycles. The number of likely N-dealkylation sites (tertiary alicyclic amines) is 1. The number of benzene rings is 2. The smallest absolute Gasteiger partial charge is 0.241 e. The number of nitrogens with zero attached hydrogens (tertiary/aromatic N) is 3. The SMILES string of the molecule is CCOc1ccc(NC(=O)C2CCCN(Cc3nc(-c4ccc(Br)cc4)no3)C2)cc1. The molecular formula is C23H25BrN4O3. The number of nitrogens with one attached hydrogen (secondary N) is 1. The second-order valence-electron chi connectivity index (χ2n) is 7.54. The van der Waals surface area contributed by atoms with Crippen LogP contribution in [0.15, 0.2) is 57.5 Å². The Kier molecular flexibility index (Phi) is 6.99. The third-order valence-corrected chi connectivity index (χ3v) is 5.77. The molecule has 1 atom stereocenters. The summed E-state index contributed by atoms with van der Waals surface area (Å²) in [7, 11) is 0. The molecule has 31 heavy (non-hydrogen) atoms. The Hall–Kier alpha value is -2.71. The molecule has 162 valence electrons. The van der Waals surface area contributed by atoms with Crippen molar-refractivity contribution in [2.75, 3.05) is 25.0 Å². The van der Waals surface area contributed by atoms with Crippen molar-refractivity contribution >= 4 is 27.5 Å². The number of hydrogen-bond acceptors (Lipinski definition) is 6. The monoisotopic (exact) mass is 484 g/mol. The first-order chi connectivity index (χ1) is 15.1. The molecule has 8 heteroatoms. The van der Waals surface area contributed by atoms with Gasteiger partial charge in [-0.05, 0) is 74.8 Å². The van der Waals surface area contributed by atoms with Crippen molar-refractivity contribution in [2.45, 2.75) is 26.3 Å². The second-order valence-corrected chi connectivity index (χ2v) is 8.46. The zero-order chi connectivity index (χ0) is 21.6. The first-order valence-electron chi connectivity index (χ1n) is 10.5. The van der Waals surface area contributed by atoms with Gasteiger partial charge in [0.15, 0.2) is 0 Å². The molecular weight excluding hydrogens is 460 g/mol. The van der Waals surface area contributed by atoms with Crippen LogP contribution in [0.5, 0.6) is 5.75 Å². The number of hydrogen-bond donors (Lipinski definition) is 1. The molecule has 4 rings (SSSR count). The fourth-order valence-electron chi connectivity index (χ4n) is 3.69. The van der Waals surface area contributed by atoms with E-state index in [1.54, 1.807) is 0 Å². The van der Waals surface area contributed by atoms with Gasteiger partial charge in [-0.1, -0.05) is 21.1 Å². The van der Waals surface area contributed by atoms with E-state index in [-0.39, 0.29) is 11.8 Å². The zero-order valence-corrected chi connectivity index (χ0v) is 19.0. The summed E-state index contributed by atoms with van der Waals surface area (Å²) < 4.78 is 11.9. The first kappa shape index (κ1) is 21.5. The van der Waals surface area contributed by atoms with E-state index in [1.807, 2.05) is 55.5 Å². The largest absolute Gasteiger partial charge is 0.494 e. The van der Waals surface area contributed by atoms with Gasteiger partial charge in [0, 0.05) is 22.3 Å². The maximum Gasteiger partial charge on any atom is 0.241 e. The average Bonchev–Trinajstić information content (AvgIpc) is 3.24. The van der Waals surface area contributed by atoms with E-state index in [2.05, 4.69) is 36.3 Å². The lowest BCUT2D eigenvalue weighted by atomic mass is 9.97. The molecule has 1 N–H and O–H groups in total. The number of rotatable bonds is 7. The van der Waals surface area contributed by atoms with Gasteiger partial charge in [-0.2, -0.15) is 4.98 Å². The molecule has 1 unspecified atom stereocenters. The summed E-state index contributed by atoms with van der Waals surface area (Å²) in [6.07, 6.45) is 1.82. The summed E-state index contributed by atoms with van der Waals surface area (Å²) in [5.41, 5.74) is 1.69. The number of carbonyl (C=O) groups excluding carboxylic acids is 1. The number of ether oxygens (including phenoxy) is 1. The van der Waals surface area contributed by atoms with Crippen LogP contribution in [0.4, 0.5) is 5.69 Å². The highest BCUT2D eigenvalue weighted by molar-refractivity contribution is 9.10. The Balaban J connectivity index is 1.33. The van der Waals surface area contributed by atoms with Gasteiger partial charge in [-0.15, -0.1) is 0 Å². The molecule has 0 bridgehead atoms. The van der Waals surface area contributed by atoms with Crippen LogP contribution in [0, 0.1) is 5.92 Å². The summed E-state index contributed by atoms with van der Waals surface area (Å²) in [4.78, 5) is 19.5. The lowest BCUT2D eigenvalue weighted by Gasteiger charge is -2.30. The lowest BCUT2D eigenvalue weighted by Crippen LogP contribution is -2.40. The van der Waals surface area contributed by atoms with Crippen LogP contribution in [0.1, 0.15) is 25.7 Å². The minimum atomic E-state index is -0.0748. The summed E-state index contributed by atoms with van der Waals surface area (Å²) in [5.74, 6) is 1.89. The number of aromatic nitrogens is 2. The quantitative estimate of drug-likeness (QED) is 0.521. The number of amides is 1. The number of halogens is 1. The van der Waals surface area contributed by atoms with Crippen molar-refractivity contribution < 1.29 is 14.1 Å². The Bertz CT molecular complexity index is 1000. The fraction of sp³-hybridized carbons (Fsp3) is 0.348. The maximum absolute atomic E-state index is 12.8. The van der Waals surface area contributed by atoms with E-state index in [0.717, 1.165) is 40.9 Å². The lowest BCUT2D eigenvalue weighted by molar-refractivity contribution is -0.121. The molecule has 3 aromatic rings. The second kappa shape index (κ2) is 10.1. The average molecular weight is 485 g/mol. The highest BCUT2D eigenvalue weighted by Gasteiger charge is 2.27. The van der Waals surface area contributed by atoms with Gasteiger partial charge in [0.05, 0.1) is 19.1 Å². The number of anilines is 1. The molecule has 1 amide bonds. The van der Waals surface area contributed by atoms with Gasteiger partial charge < -0.3 is 14.6 Å². The molecule has 0 aliphatic carbocycles. The molecule has 7 nitrogen and oxygen atoms in total. The van der Waals surface area contributed by atoms with Gasteiger partial charge >= 0.3 is 0 Å². The summed E-state index contributed by atoms with van der Waals surface area (Å²) in [5, 5.41) is 7.11. The van der Waals surface area contributed by atoms with Crippen LogP contribution in [-0.4, -0.2) is 40.6 Å². The number of carbonyl (C=O) groups is 1. The summed E-state index contributed by atoms with van der Waals surface area (Å²) in [6, 6.07) is 15.3. The zero-order valence-electron chi connectivity index (χ0n) is 17.4. The molecule has 0 spiro atoms. The number of piperidine rings is 1. The van der Waals surface area contributed by atoms with Crippen molar-refractivity contribution in [1.82, 2.24) is 15.0 Å². The first-order valence-corrected chi connectivity index (χ1v) is 11.2. The van der Waals surface area contributed by atoms with Gasteiger partial charge in [-0.25, -0.2) is 0 Å². The van der Waals surface area contributed by atoms with Crippen molar-refractivity contribution in [3.63, 3.8) is 0 Å². The Morgan fingerprint density at radius 3 is 2.74 bits per heavy atom. The summed E-state index contributed by atoms with van der Waals surface area (Å²) in [6.45, 7) is 4.67. The molecule has 0 saturated carbocycles. The normalized spacial score (nSPS) is 16.8. The van der Waals surface area contributed by atoms with Crippen LogP contribution < -0.4 is 10.1 Å². The topological polar surface area (TPSA) is 80.5 Å². The van der Waals surface area contributed by atoms with Gasteiger partial charge in [0.1, 0.15) is 5.75 Å². The maximum atomic E-state index is 12.8. The van der Waals surface area contributed by atoms with Crippen LogP contribution in [-0.2, 0) is 11.3 Å². The van der Waals surface area contributed by atoms with E-state index in [4.69, 9.17) is 9.26 Å². The molecule has 1 fully saturated rings. The summed E-state index contributed by atoms with van der Waals surface area (Å²) >= 11 is 3.43. The van der Waals surface area contributed by atoms with Crippen molar-refractivity contribution in [3.8, 4) is 17.1 Å². The Morgan fingerprint density at radius 2 is 2.00 bits per heavy atom. The highest BCUT2D eigenvalue weighted by atomic mass is 79.9. The third-order valence-electron chi connectivity index (χ3n) is 5.24. The van der Waals surface area contributed by atoms with Crippen LogP contribution in [0.25, 0.3) is 11.4 Å². The predicted octanol–water partition coefficient (Wildman–Crippen LogP) is 4.75. The molecule has 2 heterocycles. The molecule has 1 saturated heterocycles. The minimum Gasteiger partial charge on any atom is -0.494 e. The van der Waals surface area contributed by atoms with Crippen LogP contribution >= 0.6 is 15.9 Å². The van der Waals surface area contributed by atoms with Gasteiger partial charge in [0.25, 0.3) is 0 Å². The van der Waals surface area contributed by atoms with E-state index in [1.165, 1.54) is 0 Å². The van der Waals surface area contributed by atoms with E-state index in [0.29, 0.717) is 31.4 Å².